The summed E-state index contributed by atoms with van der Waals surface area (Å²) < 4.78 is 12.0. The van der Waals surface area contributed by atoms with Gasteiger partial charge in [-0.1, -0.05) is 28.1 Å². The monoisotopic (exact) mass is 407 g/mol. The van der Waals surface area contributed by atoms with E-state index in [1.54, 1.807) is 19.1 Å². The van der Waals surface area contributed by atoms with Gasteiger partial charge in [0.05, 0.1) is 0 Å². The Morgan fingerprint density at radius 1 is 1.20 bits per heavy atom. The lowest BCUT2D eigenvalue weighted by molar-refractivity contribution is -0.127. The van der Waals surface area contributed by atoms with Gasteiger partial charge < -0.3 is 19.9 Å². The van der Waals surface area contributed by atoms with Crippen molar-refractivity contribution in [1.29, 1.82) is 0 Å². The average molecular weight is 408 g/mol. The van der Waals surface area contributed by atoms with Crippen LogP contribution in [0.25, 0.3) is 0 Å². The maximum atomic E-state index is 12.0. The highest BCUT2D eigenvalue weighted by Gasteiger charge is 2.16. The highest BCUT2D eigenvalue weighted by molar-refractivity contribution is 9.10. The van der Waals surface area contributed by atoms with E-state index >= 15 is 0 Å². The van der Waals surface area contributed by atoms with E-state index in [1.165, 1.54) is 0 Å². The number of aliphatic hydroxyl groups excluding tert-OH is 1. The third-order valence-corrected chi connectivity index (χ3v) is 3.97. The van der Waals surface area contributed by atoms with Gasteiger partial charge in [-0.05, 0) is 55.8 Å². The van der Waals surface area contributed by atoms with Crippen molar-refractivity contribution in [2.45, 2.75) is 26.1 Å². The fourth-order valence-corrected chi connectivity index (χ4v) is 2.35. The molecular formula is C19H22BrNO4. The van der Waals surface area contributed by atoms with Crippen LogP contribution in [0.3, 0.4) is 0 Å². The summed E-state index contributed by atoms with van der Waals surface area (Å²) in [6.45, 7) is 3.83. The van der Waals surface area contributed by atoms with Gasteiger partial charge in [0, 0.05) is 11.0 Å². The number of hydrogen-bond donors (Lipinski definition) is 2. The summed E-state index contributed by atoms with van der Waals surface area (Å²) in [5.74, 6) is 1.00. The number of amides is 1. The zero-order valence-electron chi connectivity index (χ0n) is 14.2. The van der Waals surface area contributed by atoms with Crippen LogP contribution < -0.4 is 14.8 Å². The zero-order chi connectivity index (χ0) is 18.2. The minimum Gasteiger partial charge on any atom is -0.491 e. The van der Waals surface area contributed by atoms with Crippen molar-refractivity contribution in [3.8, 4) is 11.5 Å². The fraction of sp³-hybridized carbons (Fsp3) is 0.316. The minimum atomic E-state index is -0.802. The van der Waals surface area contributed by atoms with E-state index in [0.717, 1.165) is 10.0 Å². The molecule has 0 fully saturated rings. The van der Waals surface area contributed by atoms with Crippen molar-refractivity contribution in [1.82, 2.24) is 5.32 Å². The Hall–Kier alpha value is -2.05. The third kappa shape index (κ3) is 6.76. The van der Waals surface area contributed by atoms with Gasteiger partial charge in [-0.2, -0.15) is 0 Å². The van der Waals surface area contributed by atoms with E-state index in [0.29, 0.717) is 11.5 Å². The van der Waals surface area contributed by atoms with Crippen LogP contribution in [0.1, 0.15) is 12.5 Å². The van der Waals surface area contributed by atoms with Gasteiger partial charge in [0.2, 0.25) is 0 Å². The van der Waals surface area contributed by atoms with Gasteiger partial charge in [-0.25, -0.2) is 0 Å². The lowest BCUT2D eigenvalue weighted by atomic mass is 10.2. The normalized spacial score (nSPS) is 13.0. The van der Waals surface area contributed by atoms with Gasteiger partial charge >= 0.3 is 0 Å². The lowest BCUT2D eigenvalue weighted by Crippen LogP contribution is -2.41. The van der Waals surface area contributed by atoms with Crippen molar-refractivity contribution in [2.75, 3.05) is 13.2 Å². The Kier molecular flexibility index (Phi) is 7.28. The summed E-state index contributed by atoms with van der Waals surface area (Å²) >= 11 is 3.34. The largest absolute Gasteiger partial charge is 0.491 e. The van der Waals surface area contributed by atoms with Crippen LogP contribution in [0.2, 0.25) is 0 Å². The van der Waals surface area contributed by atoms with E-state index in [4.69, 9.17) is 9.47 Å². The number of carbonyl (C=O) groups is 1. The number of hydrogen-bond acceptors (Lipinski definition) is 4. The zero-order valence-corrected chi connectivity index (χ0v) is 15.8. The summed E-state index contributed by atoms with van der Waals surface area (Å²) in [4.78, 5) is 12.0. The number of carbonyl (C=O) groups excluding carboxylic acids is 1. The van der Waals surface area contributed by atoms with E-state index in [1.807, 2.05) is 43.3 Å². The van der Waals surface area contributed by atoms with Crippen LogP contribution in [0.15, 0.2) is 53.0 Å². The van der Waals surface area contributed by atoms with Crippen LogP contribution in [-0.4, -0.2) is 36.4 Å². The maximum absolute atomic E-state index is 12.0. The number of nitrogens with one attached hydrogen (secondary N) is 1. The summed E-state index contributed by atoms with van der Waals surface area (Å²) in [5.41, 5.74) is 1.08. The molecule has 0 saturated heterocycles. The van der Waals surface area contributed by atoms with Crippen LogP contribution in [0.5, 0.6) is 11.5 Å². The van der Waals surface area contributed by atoms with Crippen molar-refractivity contribution < 1.29 is 19.4 Å². The average Bonchev–Trinajstić information content (AvgIpc) is 2.60. The minimum absolute atomic E-state index is 0.0959. The molecule has 2 unspecified atom stereocenters. The highest BCUT2D eigenvalue weighted by Crippen LogP contribution is 2.17. The number of aryl methyl sites for hydroxylation is 1. The third-order valence-electron chi connectivity index (χ3n) is 3.44. The topological polar surface area (TPSA) is 67.8 Å². The fourth-order valence-electron chi connectivity index (χ4n) is 2.09. The number of halogens is 1. The number of benzene rings is 2. The molecule has 1 amide bonds. The Balaban J connectivity index is 1.71. The van der Waals surface area contributed by atoms with E-state index in [2.05, 4.69) is 21.2 Å². The molecule has 5 nitrogen and oxygen atoms in total. The molecule has 134 valence electrons. The molecule has 6 heteroatoms. The number of ether oxygens (including phenoxy) is 2. The molecular weight excluding hydrogens is 386 g/mol. The van der Waals surface area contributed by atoms with E-state index in [-0.39, 0.29) is 19.1 Å². The molecule has 2 aromatic rings. The molecule has 2 aromatic carbocycles. The quantitative estimate of drug-likeness (QED) is 0.705. The molecule has 0 aliphatic carbocycles. The van der Waals surface area contributed by atoms with E-state index in [9.17, 15) is 9.90 Å². The molecule has 0 bridgehead atoms. The predicted molar refractivity (Wildman–Crippen MR) is 99.9 cm³/mol. The highest BCUT2D eigenvalue weighted by atomic mass is 79.9. The SMILES string of the molecule is Cc1cccc(OCC(O)CNC(=O)C(C)Oc2ccc(Br)cc2)c1. The molecule has 0 aliphatic heterocycles. The van der Waals surface area contributed by atoms with Crippen molar-refractivity contribution in [2.24, 2.45) is 0 Å². The van der Waals surface area contributed by atoms with Crippen LogP contribution in [-0.2, 0) is 4.79 Å². The summed E-state index contributed by atoms with van der Waals surface area (Å²) in [6.07, 6.45) is -1.46. The second-order valence-corrected chi connectivity index (χ2v) is 6.66. The first-order valence-electron chi connectivity index (χ1n) is 8.01. The summed E-state index contributed by atoms with van der Waals surface area (Å²) in [6, 6.07) is 14.8. The van der Waals surface area contributed by atoms with Crippen molar-refractivity contribution in [3.05, 3.63) is 58.6 Å². The summed E-state index contributed by atoms with van der Waals surface area (Å²) in [5, 5.41) is 12.6. The molecule has 0 heterocycles. The van der Waals surface area contributed by atoms with Crippen molar-refractivity contribution in [3.63, 3.8) is 0 Å². The Bertz CT molecular complexity index is 690. The van der Waals surface area contributed by atoms with Gasteiger partial charge in [-0.15, -0.1) is 0 Å². The molecule has 2 rings (SSSR count). The second kappa shape index (κ2) is 9.44. The van der Waals surface area contributed by atoms with Gasteiger partial charge in [-0.3, -0.25) is 4.79 Å². The van der Waals surface area contributed by atoms with Gasteiger partial charge in [0.25, 0.3) is 5.91 Å². The smallest absolute Gasteiger partial charge is 0.260 e. The molecule has 2 N–H and O–H groups in total. The predicted octanol–water partition coefficient (Wildman–Crippen LogP) is 3.08. The molecule has 2 atom stereocenters. The van der Waals surface area contributed by atoms with Crippen LogP contribution >= 0.6 is 15.9 Å². The van der Waals surface area contributed by atoms with E-state index < -0.39 is 12.2 Å². The standard InChI is InChI=1S/C19H22BrNO4/c1-13-4-3-5-18(10-13)24-12-16(22)11-21-19(23)14(2)25-17-8-6-15(20)7-9-17/h3-10,14,16,22H,11-12H2,1-2H3,(H,21,23). The lowest BCUT2D eigenvalue weighted by Gasteiger charge is -2.17. The van der Waals surface area contributed by atoms with Crippen molar-refractivity contribution >= 4 is 21.8 Å². The van der Waals surface area contributed by atoms with Gasteiger partial charge in [0.1, 0.15) is 24.2 Å². The number of rotatable bonds is 8. The van der Waals surface area contributed by atoms with Gasteiger partial charge in [0.15, 0.2) is 6.10 Å². The Labute approximate surface area is 156 Å². The molecule has 0 aromatic heterocycles. The number of aliphatic hydroxyl groups is 1. The molecule has 25 heavy (non-hydrogen) atoms. The van der Waals surface area contributed by atoms with Crippen LogP contribution in [0, 0.1) is 6.92 Å². The summed E-state index contributed by atoms with van der Waals surface area (Å²) in [7, 11) is 0. The Morgan fingerprint density at radius 2 is 1.92 bits per heavy atom. The first kappa shape index (κ1) is 19.3. The first-order valence-corrected chi connectivity index (χ1v) is 8.81. The molecule has 0 radical (unpaired) electrons. The molecule has 0 saturated carbocycles. The maximum Gasteiger partial charge on any atom is 0.260 e. The first-order chi connectivity index (χ1) is 11.9. The second-order valence-electron chi connectivity index (χ2n) is 5.74. The molecule has 0 aliphatic rings. The molecule has 0 spiro atoms. The Morgan fingerprint density at radius 3 is 2.60 bits per heavy atom. The van der Waals surface area contributed by atoms with Crippen LogP contribution in [0.4, 0.5) is 0 Å².